The first kappa shape index (κ1) is 24.7. The van der Waals surface area contributed by atoms with Crippen LogP contribution in [0.1, 0.15) is 41.2 Å². The first-order chi connectivity index (χ1) is 17.9. The summed E-state index contributed by atoms with van der Waals surface area (Å²) in [6.45, 7) is 4.06. The Morgan fingerprint density at radius 1 is 1.19 bits per heavy atom. The topological polar surface area (TPSA) is 87.8 Å². The maximum absolute atomic E-state index is 13.3. The Bertz CT molecular complexity index is 1470. The minimum Gasteiger partial charge on any atom is -0.337 e. The van der Waals surface area contributed by atoms with Crippen LogP contribution < -0.4 is 5.32 Å². The molecule has 0 aliphatic carbocycles. The molecule has 9 nitrogen and oxygen atoms in total. The summed E-state index contributed by atoms with van der Waals surface area (Å²) in [5, 5.41) is 3.07. The number of benzene rings is 1. The van der Waals surface area contributed by atoms with Gasteiger partial charge in [0, 0.05) is 44.3 Å². The highest BCUT2D eigenvalue weighted by atomic mass is 16.2. The number of rotatable bonds is 6. The molecule has 1 aliphatic heterocycles. The average molecular weight is 500 g/mol. The van der Waals surface area contributed by atoms with Gasteiger partial charge in [0.25, 0.3) is 5.91 Å². The number of nitrogens with one attached hydrogen (secondary N) is 1. The van der Waals surface area contributed by atoms with Crippen molar-refractivity contribution in [3.63, 3.8) is 0 Å². The highest BCUT2D eigenvalue weighted by Crippen LogP contribution is 2.32. The lowest BCUT2D eigenvalue weighted by Crippen LogP contribution is -2.35. The Kier molecular flexibility index (Phi) is 7.05. The number of hydrogen-bond acceptors (Lipinski definition) is 5. The van der Waals surface area contributed by atoms with Crippen LogP contribution in [0.15, 0.2) is 61.1 Å². The minimum atomic E-state index is -0.238. The van der Waals surface area contributed by atoms with Gasteiger partial charge in [-0.05, 0) is 64.0 Å². The fourth-order valence-electron chi connectivity index (χ4n) is 4.99. The second-order valence-electron chi connectivity index (χ2n) is 9.91. The number of imidazole rings is 2. The number of carbonyl (C=O) groups excluding carboxylic acids is 2. The molecule has 9 heteroatoms. The average Bonchev–Trinajstić information content (AvgIpc) is 3.40. The summed E-state index contributed by atoms with van der Waals surface area (Å²) in [4.78, 5) is 39.4. The molecule has 0 bridgehead atoms. The molecule has 1 fully saturated rings. The number of likely N-dealkylation sites (tertiary alicyclic amines) is 1. The van der Waals surface area contributed by atoms with E-state index >= 15 is 0 Å². The Balaban J connectivity index is 1.47. The molecule has 1 aliphatic rings. The maximum Gasteiger partial charge on any atom is 0.259 e. The van der Waals surface area contributed by atoms with E-state index in [0.29, 0.717) is 18.1 Å². The molecule has 0 saturated carbocycles. The van der Waals surface area contributed by atoms with E-state index in [0.717, 1.165) is 54.6 Å². The summed E-state index contributed by atoms with van der Waals surface area (Å²) < 4.78 is 3.95. The molecule has 4 aromatic rings. The highest BCUT2D eigenvalue weighted by molar-refractivity contribution is 6.04. The van der Waals surface area contributed by atoms with Gasteiger partial charge in [0.05, 0.1) is 22.6 Å². The summed E-state index contributed by atoms with van der Waals surface area (Å²) >= 11 is 0. The van der Waals surface area contributed by atoms with Crippen LogP contribution in [0.25, 0.3) is 16.7 Å². The van der Waals surface area contributed by atoms with E-state index in [1.54, 1.807) is 24.5 Å². The number of para-hydroxylation sites is 1. The maximum atomic E-state index is 13.3. The molecule has 3 aromatic heterocycles. The third-order valence-corrected chi connectivity index (χ3v) is 6.84. The van der Waals surface area contributed by atoms with Gasteiger partial charge >= 0.3 is 0 Å². The second kappa shape index (κ2) is 10.6. The number of aromatic nitrogens is 4. The van der Waals surface area contributed by atoms with Gasteiger partial charge in [0.1, 0.15) is 5.65 Å². The number of carbonyl (C=O) groups is 2. The fraction of sp³-hybridized carbons (Fsp3) is 0.357. The Morgan fingerprint density at radius 3 is 2.89 bits per heavy atom. The van der Waals surface area contributed by atoms with E-state index in [4.69, 9.17) is 4.98 Å². The number of aryl methyl sites for hydroxylation is 1. The zero-order valence-electron chi connectivity index (χ0n) is 21.6. The molecule has 37 heavy (non-hydrogen) atoms. The van der Waals surface area contributed by atoms with E-state index in [-0.39, 0.29) is 17.9 Å². The summed E-state index contributed by atoms with van der Waals surface area (Å²) in [6.07, 6.45) is 11.7. The molecule has 1 unspecified atom stereocenters. The summed E-state index contributed by atoms with van der Waals surface area (Å²) in [5.41, 5.74) is 4.20. The van der Waals surface area contributed by atoms with Gasteiger partial charge in [-0.25, -0.2) is 9.97 Å². The van der Waals surface area contributed by atoms with Gasteiger partial charge < -0.3 is 18.8 Å². The standard InChI is InChI=1S/C28H33N7O2/c1-20-8-6-10-23-26(20)35(22-9-4-5-16-34(19-22)25(36)11-7-15-32(2)3)28(30-23)31-27(37)21-12-13-24-29-14-17-33(24)18-21/h6-8,10-14,17-18,22H,4-5,9,15-16,19H2,1-3H3,(H,30,31,37)/b11-7+. The first-order valence-electron chi connectivity index (χ1n) is 12.7. The third-order valence-electron chi connectivity index (χ3n) is 6.84. The smallest absolute Gasteiger partial charge is 0.259 e. The normalized spacial score (nSPS) is 16.6. The van der Waals surface area contributed by atoms with E-state index in [9.17, 15) is 9.59 Å². The van der Waals surface area contributed by atoms with Crippen molar-refractivity contribution in [1.82, 2.24) is 28.7 Å². The predicted molar refractivity (Wildman–Crippen MR) is 145 cm³/mol. The molecule has 5 rings (SSSR count). The first-order valence-corrected chi connectivity index (χ1v) is 12.7. The van der Waals surface area contributed by atoms with Gasteiger partial charge in [0.2, 0.25) is 11.9 Å². The van der Waals surface area contributed by atoms with E-state index in [1.165, 1.54) is 0 Å². The van der Waals surface area contributed by atoms with Crippen molar-refractivity contribution in [2.45, 2.75) is 32.2 Å². The van der Waals surface area contributed by atoms with Crippen molar-refractivity contribution < 1.29 is 9.59 Å². The van der Waals surface area contributed by atoms with E-state index in [2.05, 4.69) is 27.9 Å². The van der Waals surface area contributed by atoms with Gasteiger partial charge in [-0.2, -0.15) is 0 Å². The summed E-state index contributed by atoms with van der Waals surface area (Å²) in [5.74, 6) is 0.287. The van der Waals surface area contributed by atoms with Crippen LogP contribution in [-0.4, -0.2) is 74.3 Å². The molecule has 2 amide bonds. The molecule has 0 spiro atoms. The quantitative estimate of drug-likeness (QED) is 0.407. The zero-order chi connectivity index (χ0) is 25.9. The largest absolute Gasteiger partial charge is 0.337 e. The molecule has 1 aromatic carbocycles. The van der Waals surface area contributed by atoms with Gasteiger partial charge in [-0.1, -0.05) is 18.2 Å². The second-order valence-corrected chi connectivity index (χ2v) is 9.91. The molecule has 0 radical (unpaired) electrons. The summed E-state index contributed by atoms with van der Waals surface area (Å²) in [7, 11) is 3.96. The number of amides is 2. The number of pyridine rings is 1. The van der Waals surface area contributed by atoms with Crippen LogP contribution in [0.3, 0.4) is 0 Å². The number of likely N-dealkylation sites (N-methyl/N-ethyl adjacent to an activating group) is 1. The van der Waals surface area contributed by atoms with Gasteiger partial charge in [-0.3, -0.25) is 14.9 Å². The Labute approximate surface area is 216 Å². The molecule has 1 atom stereocenters. The molecule has 1 N–H and O–H groups in total. The van der Waals surface area contributed by atoms with Crippen molar-refractivity contribution in [2.24, 2.45) is 0 Å². The Morgan fingerprint density at radius 2 is 2.05 bits per heavy atom. The number of hydrogen-bond donors (Lipinski definition) is 1. The van der Waals surface area contributed by atoms with Crippen LogP contribution >= 0.6 is 0 Å². The van der Waals surface area contributed by atoms with Crippen molar-refractivity contribution >= 4 is 34.4 Å². The number of nitrogens with zero attached hydrogens (tertiary/aromatic N) is 6. The monoisotopic (exact) mass is 499 g/mol. The number of anilines is 1. The molecule has 1 saturated heterocycles. The SMILES string of the molecule is Cc1cccc2nc(NC(=O)c3ccc4nccn4c3)n(C3CCCCN(C(=O)/C=C/CN(C)C)C3)c12. The van der Waals surface area contributed by atoms with E-state index in [1.807, 2.05) is 58.8 Å². The van der Waals surface area contributed by atoms with E-state index < -0.39 is 0 Å². The zero-order valence-corrected chi connectivity index (χ0v) is 21.6. The van der Waals surface area contributed by atoms with Crippen LogP contribution in [0, 0.1) is 6.92 Å². The lowest BCUT2D eigenvalue weighted by atomic mass is 10.1. The van der Waals surface area contributed by atoms with Crippen molar-refractivity contribution in [3.05, 3.63) is 72.2 Å². The number of fused-ring (bicyclic) bond motifs is 2. The Hall–Kier alpha value is -3.98. The lowest BCUT2D eigenvalue weighted by Gasteiger charge is -2.26. The molecule has 192 valence electrons. The third kappa shape index (κ3) is 5.27. The van der Waals surface area contributed by atoms with Crippen LogP contribution in [0.4, 0.5) is 5.95 Å². The highest BCUT2D eigenvalue weighted by Gasteiger charge is 2.27. The van der Waals surface area contributed by atoms with Crippen LogP contribution in [-0.2, 0) is 4.79 Å². The van der Waals surface area contributed by atoms with Crippen LogP contribution in [0.2, 0.25) is 0 Å². The molecular weight excluding hydrogens is 466 g/mol. The lowest BCUT2D eigenvalue weighted by molar-refractivity contribution is -0.126. The summed E-state index contributed by atoms with van der Waals surface area (Å²) in [6, 6.07) is 9.58. The molecular formula is C28H33N7O2. The van der Waals surface area contributed by atoms with Crippen molar-refractivity contribution in [1.29, 1.82) is 0 Å². The van der Waals surface area contributed by atoms with Gasteiger partial charge in [0.15, 0.2) is 0 Å². The van der Waals surface area contributed by atoms with Crippen LogP contribution in [0.5, 0.6) is 0 Å². The fourth-order valence-corrected chi connectivity index (χ4v) is 4.99. The molecule has 4 heterocycles. The van der Waals surface area contributed by atoms with Gasteiger partial charge in [-0.15, -0.1) is 0 Å². The predicted octanol–water partition coefficient (Wildman–Crippen LogP) is 3.92. The van der Waals surface area contributed by atoms with Crippen molar-refractivity contribution in [3.8, 4) is 0 Å². The van der Waals surface area contributed by atoms with Crippen molar-refractivity contribution in [2.75, 3.05) is 39.0 Å². The minimum absolute atomic E-state index is 0.00812.